The molecule has 3 aromatic heterocycles. The van der Waals surface area contributed by atoms with E-state index in [1.165, 1.54) is 5.69 Å². The van der Waals surface area contributed by atoms with Crippen LogP contribution in [0.4, 0.5) is 11.4 Å². The van der Waals surface area contributed by atoms with Crippen molar-refractivity contribution in [3.8, 4) is 0 Å². The average molecular weight is 290 g/mol. The number of fused-ring (bicyclic) bond motifs is 4. The molecule has 0 aliphatic carbocycles. The van der Waals surface area contributed by atoms with E-state index >= 15 is 0 Å². The van der Waals surface area contributed by atoms with Crippen LogP contribution in [-0.4, -0.2) is 31.7 Å². The Morgan fingerprint density at radius 1 is 1.32 bits per heavy atom. The first-order valence-electron chi connectivity index (χ1n) is 7.45. The van der Waals surface area contributed by atoms with E-state index in [0.717, 1.165) is 41.8 Å². The summed E-state index contributed by atoms with van der Waals surface area (Å²) in [6.07, 6.45) is 9.70. The molecule has 2 aliphatic rings. The number of hydrogen-bond donors (Lipinski definition) is 1. The van der Waals surface area contributed by atoms with E-state index in [4.69, 9.17) is 0 Å². The van der Waals surface area contributed by atoms with Crippen molar-refractivity contribution in [2.24, 2.45) is 4.99 Å². The van der Waals surface area contributed by atoms with Crippen LogP contribution in [0.25, 0.3) is 11.0 Å². The molecule has 0 saturated carbocycles. The highest BCUT2D eigenvalue weighted by Crippen LogP contribution is 2.38. The molecule has 3 aromatic rings. The molecule has 6 heteroatoms. The van der Waals surface area contributed by atoms with Gasteiger partial charge in [-0.15, -0.1) is 0 Å². The van der Waals surface area contributed by atoms with E-state index in [0.29, 0.717) is 6.04 Å². The van der Waals surface area contributed by atoms with Gasteiger partial charge in [-0.2, -0.15) is 5.10 Å². The van der Waals surface area contributed by atoms with E-state index in [9.17, 15) is 0 Å². The molecule has 5 rings (SSSR count). The third-order valence-corrected chi connectivity index (χ3v) is 4.49. The van der Waals surface area contributed by atoms with Crippen molar-refractivity contribution < 1.29 is 0 Å². The summed E-state index contributed by atoms with van der Waals surface area (Å²) in [6.45, 7) is 0.883. The molecule has 5 heterocycles. The minimum atomic E-state index is 0.356. The van der Waals surface area contributed by atoms with Crippen LogP contribution in [0, 0.1) is 0 Å². The minimum Gasteiger partial charge on any atom is -0.346 e. The summed E-state index contributed by atoms with van der Waals surface area (Å²) in [7, 11) is 0. The number of rotatable bonds is 1. The van der Waals surface area contributed by atoms with Gasteiger partial charge < -0.3 is 9.88 Å². The summed E-state index contributed by atoms with van der Waals surface area (Å²) >= 11 is 0. The first-order valence-corrected chi connectivity index (χ1v) is 7.45. The molecular weight excluding hydrogens is 276 g/mol. The van der Waals surface area contributed by atoms with Gasteiger partial charge in [-0.3, -0.25) is 4.68 Å². The van der Waals surface area contributed by atoms with Gasteiger partial charge in [0.25, 0.3) is 0 Å². The second-order valence-corrected chi connectivity index (χ2v) is 5.71. The van der Waals surface area contributed by atoms with Crippen LogP contribution in [0.1, 0.15) is 12.1 Å². The number of anilines is 1. The van der Waals surface area contributed by atoms with E-state index in [-0.39, 0.29) is 0 Å². The number of aliphatic imine (C=N–C) groups is 1. The lowest BCUT2D eigenvalue weighted by Crippen LogP contribution is -2.39. The average Bonchev–Trinajstić information content (AvgIpc) is 3.22. The van der Waals surface area contributed by atoms with Gasteiger partial charge in [-0.25, -0.2) is 9.98 Å². The predicted octanol–water partition coefficient (Wildman–Crippen LogP) is 2.41. The maximum absolute atomic E-state index is 4.42. The Morgan fingerprint density at radius 2 is 2.32 bits per heavy atom. The van der Waals surface area contributed by atoms with E-state index < -0.39 is 0 Å². The monoisotopic (exact) mass is 290 g/mol. The maximum Gasteiger partial charge on any atom is 0.139 e. The molecule has 0 amide bonds. The number of hydrogen-bond acceptors (Lipinski definition) is 4. The third-order valence-electron chi connectivity index (χ3n) is 4.49. The number of aromatic amines is 1. The Bertz CT molecular complexity index is 927. The molecule has 0 spiro atoms. The van der Waals surface area contributed by atoms with Crippen LogP contribution in [-0.2, 0) is 13.0 Å². The highest BCUT2D eigenvalue weighted by Gasteiger charge is 2.28. The Kier molecular flexibility index (Phi) is 2.31. The zero-order chi connectivity index (χ0) is 14.5. The fourth-order valence-electron chi connectivity index (χ4n) is 3.42. The summed E-state index contributed by atoms with van der Waals surface area (Å²) in [4.78, 5) is 14.2. The van der Waals surface area contributed by atoms with Crippen LogP contribution >= 0.6 is 0 Å². The maximum atomic E-state index is 4.42. The molecule has 0 aromatic carbocycles. The number of nitrogens with one attached hydrogen (secondary N) is 1. The van der Waals surface area contributed by atoms with Gasteiger partial charge in [0.2, 0.25) is 0 Å². The van der Waals surface area contributed by atoms with Gasteiger partial charge in [0, 0.05) is 29.3 Å². The van der Waals surface area contributed by atoms with E-state index in [2.05, 4.69) is 47.6 Å². The number of nitrogens with zero attached hydrogens (tertiary/aromatic N) is 5. The smallest absolute Gasteiger partial charge is 0.139 e. The summed E-state index contributed by atoms with van der Waals surface area (Å²) in [5, 5.41) is 5.53. The molecule has 0 unspecified atom stereocenters. The van der Waals surface area contributed by atoms with Crippen molar-refractivity contribution in [2.45, 2.75) is 25.4 Å². The fourth-order valence-corrected chi connectivity index (χ4v) is 3.42. The van der Waals surface area contributed by atoms with Gasteiger partial charge in [0.15, 0.2) is 0 Å². The molecule has 1 N–H and O–H groups in total. The quantitative estimate of drug-likeness (QED) is 0.748. The molecule has 0 saturated heterocycles. The zero-order valence-corrected chi connectivity index (χ0v) is 11.9. The van der Waals surface area contributed by atoms with Crippen molar-refractivity contribution in [1.29, 1.82) is 0 Å². The largest absolute Gasteiger partial charge is 0.346 e. The van der Waals surface area contributed by atoms with Crippen LogP contribution in [0.3, 0.4) is 0 Å². The van der Waals surface area contributed by atoms with Crippen molar-refractivity contribution in [3.05, 3.63) is 42.6 Å². The van der Waals surface area contributed by atoms with Crippen molar-refractivity contribution in [1.82, 2.24) is 19.7 Å². The Morgan fingerprint density at radius 3 is 3.32 bits per heavy atom. The summed E-state index contributed by atoms with van der Waals surface area (Å²) in [6, 6.07) is 4.52. The van der Waals surface area contributed by atoms with Crippen LogP contribution < -0.4 is 4.90 Å². The molecule has 0 bridgehead atoms. The lowest BCUT2D eigenvalue weighted by molar-refractivity contribution is 0.421. The Balaban J connectivity index is 1.63. The summed E-state index contributed by atoms with van der Waals surface area (Å²) in [5.41, 5.74) is 4.20. The number of H-pyrrole nitrogens is 1. The topological polar surface area (TPSA) is 62.1 Å². The summed E-state index contributed by atoms with van der Waals surface area (Å²) in [5.74, 6) is 3.01. The van der Waals surface area contributed by atoms with E-state index in [1.54, 1.807) is 0 Å². The van der Waals surface area contributed by atoms with E-state index in [1.807, 2.05) is 24.8 Å². The lowest BCUT2D eigenvalue weighted by atomic mass is 10.0. The fraction of sp³-hybridized carbons (Fsp3) is 0.250. The van der Waals surface area contributed by atoms with Crippen molar-refractivity contribution in [2.75, 3.05) is 4.90 Å². The van der Waals surface area contributed by atoms with Crippen molar-refractivity contribution >= 4 is 28.3 Å². The number of pyridine rings is 1. The molecule has 0 fully saturated rings. The first kappa shape index (κ1) is 11.8. The highest BCUT2D eigenvalue weighted by molar-refractivity contribution is 5.99. The molecule has 0 radical (unpaired) electrons. The molecule has 22 heavy (non-hydrogen) atoms. The molecule has 1 atom stereocenters. The molecule has 108 valence electrons. The lowest BCUT2D eigenvalue weighted by Gasteiger charge is -2.34. The van der Waals surface area contributed by atoms with Gasteiger partial charge in [-0.1, -0.05) is 0 Å². The van der Waals surface area contributed by atoms with Gasteiger partial charge >= 0.3 is 0 Å². The standard InChI is InChI=1S/C16H14N6/c1-2-12(10-22-11(1)3-6-20-22)21-8-7-17-14-9-19-16-13(15(14)21)4-5-18-16/h3-6,8-9,12H,1-2,10H2,(H,18,19)/t12-/m1/s1. The number of aromatic nitrogens is 4. The van der Waals surface area contributed by atoms with Gasteiger partial charge in [0.1, 0.15) is 11.3 Å². The molecular formula is C16H14N6. The van der Waals surface area contributed by atoms with Crippen molar-refractivity contribution in [3.63, 3.8) is 0 Å². The first-order chi connectivity index (χ1) is 10.9. The Hall–Kier alpha value is -2.85. The zero-order valence-electron chi connectivity index (χ0n) is 11.9. The second kappa shape index (κ2) is 4.32. The number of aryl methyl sites for hydroxylation is 1. The second-order valence-electron chi connectivity index (χ2n) is 5.71. The molecule has 2 aliphatic heterocycles. The third kappa shape index (κ3) is 1.58. The van der Waals surface area contributed by atoms with Crippen LogP contribution in [0.15, 0.2) is 41.9 Å². The van der Waals surface area contributed by atoms with Crippen LogP contribution in [0.2, 0.25) is 0 Å². The Labute approximate surface area is 126 Å². The highest BCUT2D eigenvalue weighted by atomic mass is 15.3. The molecule has 6 nitrogen and oxygen atoms in total. The normalized spacial score (nSPS) is 19.5. The SMILES string of the molecule is C1=CN([C@@H]2CCc3ccnn3C2)c2c(cnc3[nH]ccc23)N=1. The summed E-state index contributed by atoms with van der Waals surface area (Å²) < 4.78 is 2.10. The van der Waals surface area contributed by atoms with Gasteiger partial charge in [-0.05, 0) is 25.0 Å². The van der Waals surface area contributed by atoms with Gasteiger partial charge in [0.05, 0.1) is 30.7 Å². The predicted molar refractivity (Wildman–Crippen MR) is 84.6 cm³/mol. The van der Waals surface area contributed by atoms with Crippen LogP contribution in [0.5, 0.6) is 0 Å². The minimum absolute atomic E-state index is 0.356.